The van der Waals surface area contributed by atoms with Crippen molar-refractivity contribution in [2.24, 2.45) is 0 Å². The van der Waals surface area contributed by atoms with Crippen molar-refractivity contribution in [3.63, 3.8) is 0 Å². The van der Waals surface area contributed by atoms with Crippen molar-refractivity contribution < 1.29 is 0 Å². The highest BCUT2D eigenvalue weighted by Crippen LogP contribution is 2.42. The van der Waals surface area contributed by atoms with Crippen molar-refractivity contribution in [1.82, 2.24) is 9.97 Å². The Kier molecular flexibility index (Phi) is 8.53. The molecule has 0 radical (unpaired) electrons. The lowest BCUT2D eigenvalue weighted by Crippen LogP contribution is -1.97. The molecule has 12 aromatic rings. The minimum Gasteiger partial charge on any atom is -0.228 e. The molecule has 0 amide bonds. The van der Waals surface area contributed by atoms with E-state index in [1.165, 1.54) is 76.3 Å². The van der Waals surface area contributed by atoms with Crippen LogP contribution in [-0.2, 0) is 0 Å². The first-order valence-corrected chi connectivity index (χ1v) is 21.2. The van der Waals surface area contributed by atoms with Crippen LogP contribution in [-0.4, -0.2) is 9.97 Å². The van der Waals surface area contributed by atoms with Gasteiger partial charge in [-0.3, -0.25) is 0 Å². The zero-order chi connectivity index (χ0) is 41.0. The standard InChI is InChI=1S/C60H38N2/c1-2-16-43(17-3-1)60-61-57(46-21-12-20-44(36-46)49-27-13-19-39-14-4-7-22-47(39)49)38-58(62-60)54-35-34-50(52-25-10-11-26-53(52)54)41-28-30-42(31-29-41)59-51-24-9-6-18-45(51)37-56-48-23-8-5-15-40(48)32-33-55(56)59/h1-38H. The van der Waals surface area contributed by atoms with Crippen molar-refractivity contribution in [3.8, 4) is 67.3 Å². The summed E-state index contributed by atoms with van der Waals surface area (Å²) in [5.74, 6) is 0.700. The van der Waals surface area contributed by atoms with Gasteiger partial charge in [0.25, 0.3) is 0 Å². The lowest BCUT2D eigenvalue weighted by molar-refractivity contribution is 1.18. The van der Waals surface area contributed by atoms with Gasteiger partial charge in [-0.1, -0.05) is 212 Å². The average molecular weight is 787 g/mol. The number of hydrogen-bond donors (Lipinski definition) is 0. The van der Waals surface area contributed by atoms with Gasteiger partial charge in [0, 0.05) is 16.7 Å². The molecule has 2 heteroatoms. The lowest BCUT2D eigenvalue weighted by Gasteiger charge is -2.16. The summed E-state index contributed by atoms with van der Waals surface area (Å²) >= 11 is 0. The van der Waals surface area contributed by atoms with E-state index in [2.05, 4.69) is 212 Å². The minimum atomic E-state index is 0.700. The number of fused-ring (bicyclic) bond motifs is 6. The maximum Gasteiger partial charge on any atom is 0.160 e. The second kappa shape index (κ2) is 14.8. The van der Waals surface area contributed by atoms with Crippen molar-refractivity contribution in [2.45, 2.75) is 0 Å². The fraction of sp³-hybridized carbons (Fsp3) is 0. The predicted molar refractivity (Wildman–Crippen MR) is 262 cm³/mol. The van der Waals surface area contributed by atoms with Crippen LogP contribution in [0, 0.1) is 0 Å². The van der Waals surface area contributed by atoms with Crippen LogP contribution >= 0.6 is 0 Å². The molecule has 0 aliphatic heterocycles. The van der Waals surface area contributed by atoms with E-state index in [1.54, 1.807) is 0 Å². The number of aromatic nitrogens is 2. The number of rotatable bonds is 6. The molecule has 0 bridgehead atoms. The predicted octanol–water partition coefficient (Wildman–Crippen LogP) is 16.2. The Labute approximate surface area is 360 Å². The summed E-state index contributed by atoms with van der Waals surface area (Å²) in [6.07, 6.45) is 0. The van der Waals surface area contributed by atoms with Crippen molar-refractivity contribution in [2.75, 3.05) is 0 Å². The van der Waals surface area contributed by atoms with E-state index < -0.39 is 0 Å². The summed E-state index contributed by atoms with van der Waals surface area (Å²) in [6.45, 7) is 0. The van der Waals surface area contributed by atoms with Gasteiger partial charge in [0.15, 0.2) is 5.82 Å². The van der Waals surface area contributed by atoms with Gasteiger partial charge in [-0.2, -0.15) is 0 Å². The topological polar surface area (TPSA) is 25.8 Å². The number of nitrogens with zero attached hydrogens (tertiary/aromatic N) is 2. The Balaban J connectivity index is 0.977. The molecule has 0 atom stereocenters. The average Bonchev–Trinajstić information content (AvgIpc) is 3.35. The van der Waals surface area contributed by atoms with Crippen LogP contribution in [0.25, 0.3) is 121 Å². The van der Waals surface area contributed by atoms with Gasteiger partial charge in [-0.25, -0.2) is 9.97 Å². The molecular weight excluding hydrogens is 749 g/mol. The molecule has 1 aromatic heterocycles. The third-order valence-corrected chi connectivity index (χ3v) is 12.5. The fourth-order valence-corrected chi connectivity index (χ4v) is 9.49. The van der Waals surface area contributed by atoms with Gasteiger partial charge >= 0.3 is 0 Å². The van der Waals surface area contributed by atoms with E-state index >= 15 is 0 Å². The molecule has 2 nitrogen and oxygen atoms in total. The maximum atomic E-state index is 5.28. The third-order valence-electron chi connectivity index (χ3n) is 12.5. The highest BCUT2D eigenvalue weighted by Gasteiger charge is 2.17. The Bertz CT molecular complexity index is 3680. The zero-order valence-electron chi connectivity index (χ0n) is 33.8. The largest absolute Gasteiger partial charge is 0.228 e. The third kappa shape index (κ3) is 6.12. The highest BCUT2D eigenvalue weighted by atomic mass is 14.9. The molecular formula is C60H38N2. The summed E-state index contributed by atoms with van der Waals surface area (Å²) < 4.78 is 0. The Morgan fingerprint density at radius 1 is 0.226 bits per heavy atom. The summed E-state index contributed by atoms with van der Waals surface area (Å²) in [4.78, 5) is 10.5. The molecule has 0 saturated carbocycles. The van der Waals surface area contributed by atoms with E-state index in [1.807, 2.05) is 18.2 Å². The highest BCUT2D eigenvalue weighted by molar-refractivity contribution is 6.20. The molecule has 0 aliphatic rings. The molecule has 12 rings (SSSR count). The van der Waals surface area contributed by atoms with Crippen LogP contribution in [0.15, 0.2) is 231 Å². The second-order valence-electron chi connectivity index (χ2n) is 16.1. The normalized spacial score (nSPS) is 11.5. The van der Waals surface area contributed by atoms with Crippen LogP contribution in [0.5, 0.6) is 0 Å². The van der Waals surface area contributed by atoms with E-state index in [9.17, 15) is 0 Å². The van der Waals surface area contributed by atoms with Crippen molar-refractivity contribution in [1.29, 1.82) is 0 Å². The van der Waals surface area contributed by atoms with Gasteiger partial charge in [0.05, 0.1) is 11.4 Å². The van der Waals surface area contributed by atoms with Crippen LogP contribution in [0.2, 0.25) is 0 Å². The van der Waals surface area contributed by atoms with Crippen molar-refractivity contribution >= 4 is 53.9 Å². The smallest absolute Gasteiger partial charge is 0.160 e. The number of hydrogen-bond acceptors (Lipinski definition) is 2. The summed E-state index contributed by atoms with van der Waals surface area (Å²) in [6, 6.07) is 83.0. The fourth-order valence-electron chi connectivity index (χ4n) is 9.49. The SMILES string of the molecule is c1ccc(-c2nc(-c3cccc(-c4cccc5ccccc45)c3)cc(-c3ccc(-c4ccc(-c5c6ccccc6cc6c5ccc5ccccc56)cc4)c4ccccc34)n2)cc1. The molecule has 0 N–H and O–H groups in total. The molecule has 0 spiro atoms. The molecule has 11 aromatic carbocycles. The van der Waals surface area contributed by atoms with Gasteiger partial charge in [0.2, 0.25) is 0 Å². The van der Waals surface area contributed by atoms with Crippen molar-refractivity contribution in [3.05, 3.63) is 231 Å². The molecule has 288 valence electrons. The molecule has 0 unspecified atom stereocenters. The first-order chi connectivity index (χ1) is 30.7. The zero-order valence-corrected chi connectivity index (χ0v) is 33.8. The first-order valence-electron chi connectivity index (χ1n) is 21.2. The van der Waals surface area contributed by atoms with Gasteiger partial charge in [0.1, 0.15) is 0 Å². The molecule has 1 heterocycles. The van der Waals surface area contributed by atoms with E-state index in [4.69, 9.17) is 9.97 Å². The molecule has 0 saturated heterocycles. The van der Waals surface area contributed by atoms with E-state index in [0.29, 0.717) is 5.82 Å². The van der Waals surface area contributed by atoms with Crippen LogP contribution in [0.1, 0.15) is 0 Å². The summed E-state index contributed by atoms with van der Waals surface area (Å²) in [5, 5.41) is 12.4. The maximum absolute atomic E-state index is 5.28. The lowest BCUT2D eigenvalue weighted by atomic mass is 9.88. The van der Waals surface area contributed by atoms with Crippen LogP contribution < -0.4 is 0 Å². The Hall–Kier alpha value is -8.20. The Morgan fingerprint density at radius 3 is 1.58 bits per heavy atom. The Morgan fingerprint density at radius 2 is 0.774 bits per heavy atom. The minimum absolute atomic E-state index is 0.700. The monoisotopic (exact) mass is 786 g/mol. The molecule has 62 heavy (non-hydrogen) atoms. The van der Waals surface area contributed by atoms with Gasteiger partial charge in [-0.05, 0) is 105 Å². The number of benzene rings is 11. The van der Waals surface area contributed by atoms with E-state index in [-0.39, 0.29) is 0 Å². The van der Waals surface area contributed by atoms with Gasteiger partial charge < -0.3 is 0 Å². The molecule has 0 aliphatic carbocycles. The van der Waals surface area contributed by atoms with Crippen LogP contribution in [0.3, 0.4) is 0 Å². The summed E-state index contributed by atoms with van der Waals surface area (Å²) in [7, 11) is 0. The van der Waals surface area contributed by atoms with Gasteiger partial charge in [-0.15, -0.1) is 0 Å². The summed E-state index contributed by atoms with van der Waals surface area (Å²) in [5.41, 5.74) is 12.1. The molecule has 0 fully saturated rings. The first kappa shape index (κ1) is 35.7. The van der Waals surface area contributed by atoms with E-state index in [0.717, 1.165) is 39.0 Å². The second-order valence-corrected chi connectivity index (χ2v) is 16.1. The van der Waals surface area contributed by atoms with Crippen LogP contribution in [0.4, 0.5) is 0 Å². The quantitative estimate of drug-likeness (QED) is 0.124.